The van der Waals surface area contributed by atoms with Gasteiger partial charge in [0.1, 0.15) is 6.61 Å². The molecule has 1 N–H and O–H groups in total. The molecule has 1 aromatic carbocycles. The van der Waals surface area contributed by atoms with Crippen molar-refractivity contribution in [3.05, 3.63) is 35.4 Å². The second kappa shape index (κ2) is 6.36. The monoisotopic (exact) mass is 303 g/mol. The maximum absolute atomic E-state index is 12.4. The summed E-state index contributed by atoms with van der Waals surface area (Å²) in [6, 6.07) is 8.09. The van der Waals surface area contributed by atoms with Gasteiger partial charge in [-0.3, -0.25) is 9.69 Å². The van der Waals surface area contributed by atoms with Gasteiger partial charge in [0.25, 0.3) is 0 Å². The smallest absolute Gasteiger partial charge is 0.409 e. The summed E-state index contributed by atoms with van der Waals surface area (Å²) >= 11 is 0. The first-order valence-corrected chi connectivity index (χ1v) is 7.61. The predicted molar refractivity (Wildman–Crippen MR) is 81.3 cm³/mol. The molecule has 1 saturated heterocycles. The van der Waals surface area contributed by atoms with Crippen LogP contribution < -0.4 is 5.32 Å². The van der Waals surface area contributed by atoms with E-state index in [1.54, 1.807) is 4.90 Å². The molecule has 0 aliphatic carbocycles. The lowest BCUT2D eigenvalue weighted by Gasteiger charge is -2.33. The van der Waals surface area contributed by atoms with Crippen molar-refractivity contribution in [1.29, 1.82) is 0 Å². The molecule has 2 heterocycles. The molecule has 1 fully saturated rings. The van der Waals surface area contributed by atoms with Crippen LogP contribution in [0.4, 0.5) is 4.79 Å². The van der Waals surface area contributed by atoms with Gasteiger partial charge in [-0.1, -0.05) is 24.3 Å². The molecule has 0 aromatic heterocycles. The van der Waals surface area contributed by atoms with Crippen molar-refractivity contribution in [1.82, 2.24) is 15.1 Å². The molecule has 1 aromatic rings. The number of carbonyl (C=O) groups is 2. The van der Waals surface area contributed by atoms with Crippen molar-refractivity contribution < 1.29 is 14.3 Å². The van der Waals surface area contributed by atoms with Gasteiger partial charge < -0.3 is 15.0 Å². The second-order valence-corrected chi connectivity index (χ2v) is 5.80. The van der Waals surface area contributed by atoms with Gasteiger partial charge in [-0.2, -0.15) is 0 Å². The summed E-state index contributed by atoms with van der Waals surface area (Å²) in [5, 5.41) is 2.93. The average Bonchev–Trinajstić information content (AvgIpc) is 2.92. The van der Waals surface area contributed by atoms with E-state index in [0.29, 0.717) is 26.2 Å². The zero-order valence-electron chi connectivity index (χ0n) is 12.7. The molecule has 2 aliphatic heterocycles. The molecule has 22 heavy (non-hydrogen) atoms. The van der Waals surface area contributed by atoms with Gasteiger partial charge in [-0.05, 0) is 24.6 Å². The molecule has 3 rings (SSSR count). The summed E-state index contributed by atoms with van der Waals surface area (Å²) in [7, 11) is 1.97. The van der Waals surface area contributed by atoms with Crippen molar-refractivity contribution in [2.45, 2.75) is 19.0 Å². The molecule has 0 radical (unpaired) electrons. The van der Waals surface area contributed by atoms with Crippen LogP contribution in [0.5, 0.6) is 0 Å². The predicted octanol–water partition coefficient (Wildman–Crippen LogP) is 0.611. The Hall–Kier alpha value is -2.08. The van der Waals surface area contributed by atoms with Gasteiger partial charge >= 0.3 is 6.09 Å². The first kappa shape index (κ1) is 14.8. The van der Waals surface area contributed by atoms with Crippen LogP contribution in [0.25, 0.3) is 0 Å². The third-order valence-electron chi connectivity index (χ3n) is 4.31. The highest BCUT2D eigenvalue weighted by molar-refractivity contribution is 5.82. The number of likely N-dealkylation sites (N-methyl/N-ethyl adjacent to an activating group) is 1. The summed E-state index contributed by atoms with van der Waals surface area (Å²) in [6.07, 6.45) is 0.433. The number of cyclic esters (lactones) is 1. The van der Waals surface area contributed by atoms with E-state index in [4.69, 9.17) is 4.74 Å². The third-order valence-corrected chi connectivity index (χ3v) is 4.31. The zero-order valence-corrected chi connectivity index (χ0v) is 12.7. The van der Waals surface area contributed by atoms with Crippen molar-refractivity contribution in [2.24, 2.45) is 0 Å². The minimum atomic E-state index is -0.294. The second-order valence-electron chi connectivity index (χ2n) is 5.80. The van der Waals surface area contributed by atoms with Crippen molar-refractivity contribution in [3.63, 3.8) is 0 Å². The number of benzene rings is 1. The zero-order chi connectivity index (χ0) is 15.5. The Morgan fingerprint density at radius 1 is 1.36 bits per heavy atom. The van der Waals surface area contributed by atoms with Crippen LogP contribution in [0.15, 0.2) is 24.3 Å². The van der Waals surface area contributed by atoms with E-state index in [2.05, 4.69) is 22.3 Å². The first-order valence-electron chi connectivity index (χ1n) is 7.61. The fourth-order valence-corrected chi connectivity index (χ4v) is 3.01. The Kier molecular flexibility index (Phi) is 4.29. The summed E-state index contributed by atoms with van der Waals surface area (Å²) in [6.45, 7) is 2.78. The number of amides is 2. The standard InChI is InChI=1S/C16H21N3O3/c1-18-11-13-5-3-2-4-12(13)10-14(18)15(20)17-6-7-19-8-9-22-16(19)21/h2-5,14H,6-11H2,1H3,(H,17,20)/t14-/m1/s1. The van der Waals surface area contributed by atoms with Crippen LogP contribution in [0.2, 0.25) is 0 Å². The molecule has 6 nitrogen and oxygen atoms in total. The number of fused-ring (bicyclic) bond motifs is 1. The van der Waals surface area contributed by atoms with Crippen LogP contribution in [-0.4, -0.2) is 61.1 Å². The van der Waals surface area contributed by atoms with E-state index in [9.17, 15) is 9.59 Å². The summed E-state index contributed by atoms with van der Waals surface area (Å²) in [5.74, 6) is 0.0181. The van der Waals surface area contributed by atoms with Gasteiger partial charge in [0.15, 0.2) is 0 Å². The van der Waals surface area contributed by atoms with Crippen molar-refractivity contribution in [2.75, 3.05) is 33.3 Å². The quantitative estimate of drug-likeness (QED) is 0.885. The Morgan fingerprint density at radius 2 is 2.14 bits per heavy atom. The molecule has 1 atom stereocenters. The minimum absolute atomic E-state index is 0.0181. The van der Waals surface area contributed by atoms with Gasteiger partial charge in [0.2, 0.25) is 5.91 Å². The van der Waals surface area contributed by atoms with E-state index in [1.165, 1.54) is 11.1 Å². The van der Waals surface area contributed by atoms with Gasteiger partial charge in [0, 0.05) is 19.6 Å². The van der Waals surface area contributed by atoms with Crippen LogP contribution in [0.1, 0.15) is 11.1 Å². The lowest BCUT2D eigenvalue weighted by molar-refractivity contribution is -0.126. The molecular weight excluding hydrogens is 282 g/mol. The Morgan fingerprint density at radius 3 is 2.86 bits per heavy atom. The van der Waals surface area contributed by atoms with Gasteiger partial charge in [-0.25, -0.2) is 4.79 Å². The van der Waals surface area contributed by atoms with E-state index in [0.717, 1.165) is 13.0 Å². The van der Waals surface area contributed by atoms with Crippen LogP contribution in [0, 0.1) is 0 Å². The molecule has 0 spiro atoms. The minimum Gasteiger partial charge on any atom is -0.448 e. The van der Waals surface area contributed by atoms with Crippen LogP contribution in [-0.2, 0) is 22.5 Å². The van der Waals surface area contributed by atoms with E-state index in [1.807, 2.05) is 19.2 Å². The fourth-order valence-electron chi connectivity index (χ4n) is 3.01. The Labute approximate surface area is 130 Å². The van der Waals surface area contributed by atoms with Crippen molar-refractivity contribution in [3.8, 4) is 0 Å². The molecule has 0 bridgehead atoms. The lowest BCUT2D eigenvalue weighted by atomic mass is 9.94. The SMILES string of the molecule is CN1Cc2ccccc2C[C@@H]1C(=O)NCCN1CCOC1=O. The number of carbonyl (C=O) groups excluding carboxylic acids is 2. The maximum Gasteiger partial charge on any atom is 0.409 e. The molecular formula is C16H21N3O3. The lowest BCUT2D eigenvalue weighted by Crippen LogP contribution is -2.49. The Bertz CT molecular complexity index is 576. The molecule has 6 heteroatoms. The Balaban J connectivity index is 1.53. The van der Waals surface area contributed by atoms with E-state index >= 15 is 0 Å². The third kappa shape index (κ3) is 3.06. The first-order chi connectivity index (χ1) is 10.6. The highest BCUT2D eigenvalue weighted by Gasteiger charge is 2.29. The number of nitrogens with one attached hydrogen (secondary N) is 1. The number of ether oxygens (including phenoxy) is 1. The topological polar surface area (TPSA) is 61.9 Å². The normalized spacial score (nSPS) is 21.4. The largest absolute Gasteiger partial charge is 0.448 e. The highest BCUT2D eigenvalue weighted by Crippen LogP contribution is 2.21. The number of rotatable bonds is 4. The molecule has 0 saturated carbocycles. The number of nitrogens with zero attached hydrogens (tertiary/aromatic N) is 2. The summed E-state index contributed by atoms with van der Waals surface area (Å²) in [4.78, 5) is 27.4. The number of hydrogen-bond acceptors (Lipinski definition) is 4. The molecule has 0 unspecified atom stereocenters. The average molecular weight is 303 g/mol. The fraction of sp³-hybridized carbons (Fsp3) is 0.500. The summed E-state index contributed by atoms with van der Waals surface area (Å²) < 4.78 is 4.86. The highest BCUT2D eigenvalue weighted by atomic mass is 16.6. The van der Waals surface area contributed by atoms with Crippen LogP contribution >= 0.6 is 0 Å². The molecule has 2 aliphatic rings. The van der Waals surface area contributed by atoms with E-state index in [-0.39, 0.29) is 18.0 Å². The van der Waals surface area contributed by atoms with Crippen molar-refractivity contribution >= 4 is 12.0 Å². The van der Waals surface area contributed by atoms with Crippen LogP contribution in [0.3, 0.4) is 0 Å². The van der Waals surface area contributed by atoms with Gasteiger partial charge in [-0.15, -0.1) is 0 Å². The molecule has 2 amide bonds. The summed E-state index contributed by atoms with van der Waals surface area (Å²) in [5.41, 5.74) is 2.53. The maximum atomic E-state index is 12.4. The number of hydrogen-bond donors (Lipinski definition) is 1. The van der Waals surface area contributed by atoms with Gasteiger partial charge in [0.05, 0.1) is 12.6 Å². The van der Waals surface area contributed by atoms with E-state index < -0.39 is 0 Å². The molecule has 118 valence electrons.